The zero-order valence-corrected chi connectivity index (χ0v) is 15.4. The number of piperazine rings is 1. The molecule has 1 heterocycles. The largest absolute Gasteiger partial charge is 0.508 e. The zero-order chi connectivity index (χ0) is 18.0. The first-order valence-electron chi connectivity index (χ1n) is 8.07. The summed E-state index contributed by atoms with van der Waals surface area (Å²) in [4.78, 5) is 27.0. The Labute approximate surface area is 154 Å². The van der Waals surface area contributed by atoms with Crippen LogP contribution in [0.4, 0.5) is 0 Å². The Balaban J connectivity index is 1.90. The number of phenols is 1. The molecule has 2 aromatic carbocycles. The molecule has 2 N–H and O–H groups in total. The molecule has 6 heteroatoms. The predicted octanol–water partition coefficient (Wildman–Crippen LogP) is 2.71. The van der Waals surface area contributed by atoms with Crippen molar-refractivity contribution in [2.75, 3.05) is 13.1 Å². The first kappa shape index (κ1) is 17.5. The van der Waals surface area contributed by atoms with Crippen LogP contribution in [0.5, 0.6) is 5.75 Å². The SMILES string of the molecule is Cc1ccccc1C1C(=O)NCCN1C(=O)Cc1cc(O)ccc1Br. The minimum Gasteiger partial charge on any atom is -0.508 e. The number of hydrogen-bond donors (Lipinski definition) is 2. The summed E-state index contributed by atoms with van der Waals surface area (Å²) >= 11 is 3.41. The van der Waals surface area contributed by atoms with E-state index in [0.29, 0.717) is 18.7 Å². The highest BCUT2D eigenvalue weighted by Crippen LogP contribution is 2.28. The lowest BCUT2D eigenvalue weighted by Crippen LogP contribution is -2.52. The van der Waals surface area contributed by atoms with Gasteiger partial charge in [-0.05, 0) is 41.8 Å². The van der Waals surface area contributed by atoms with Crippen LogP contribution >= 0.6 is 15.9 Å². The van der Waals surface area contributed by atoms with Crippen LogP contribution in [0.2, 0.25) is 0 Å². The fourth-order valence-corrected chi connectivity index (χ4v) is 3.49. The number of nitrogens with zero attached hydrogens (tertiary/aromatic N) is 1. The molecule has 0 aliphatic carbocycles. The summed E-state index contributed by atoms with van der Waals surface area (Å²) in [6.07, 6.45) is 0.116. The average molecular weight is 403 g/mol. The van der Waals surface area contributed by atoms with Crippen LogP contribution in [0.1, 0.15) is 22.7 Å². The van der Waals surface area contributed by atoms with Crippen molar-refractivity contribution in [3.05, 3.63) is 63.6 Å². The molecule has 1 unspecified atom stereocenters. The molecule has 2 amide bonds. The highest BCUT2D eigenvalue weighted by atomic mass is 79.9. The van der Waals surface area contributed by atoms with Gasteiger partial charge in [0.1, 0.15) is 11.8 Å². The Morgan fingerprint density at radius 2 is 2.08 bits per heavy atom. The van der Waals surface area contributed by atoms with Crippen molar-refractivity contribution in [3.63, 3.8) is 0 Å². The van der Waals surface area contributed by atoms with Crippen molar-refractivity contribution in [1.82, 2.24) is 10.2 Å². The van der Waals surface area contributed by atoms with Crippen molar-refractivity contribution in [2.24, 2.45) is 0 Å². The van der Waals surface area contributed by atoms with Gasteiger partial charge in [0.05, 0.1) is 6.42 Å². The van der Waals surface area contributed by atoms with Crippen molar-refractivity contribution in [3.8, 4) is 5.75 Å². The van der Waals surface area contributed by atoms with E-state index in [-0.39, 0.29) is 24.0 Å². The molecule has 25 heavy (non-hydrogen) atoms. The average Bonchev–Trinajstić information content (AvgIpc) is 2.59. The molecule has 1 aliphatic rings. The molecule has 5 nitrogen and oxygen atoms in total. The molecule has 0 saturated carbocycles. The third-order valence-electron chi connectivity index (χ3n) is 4.39. The molecule has 2 aromatic rings. The van der Waals surface area contributed by atoms with Gasteiger partial charge in [-0.15, -0.1) is 0 Å². The molecule has 0 aromatic heterocycles. The normalized spacial score (nSPS) is 17.3. The Hall–Kier alpha value is -2.34. The Kier molecular flexibility index (Phi) is 5.08. The van der Waals surface area contributed by atoms with Gasteiger partial charge in [-0.3, -0.25) is 9.59 Å². The summed E-state index contributed by atoms with van der Waals surface area (Å²) < 4.78 is 0.757. The zero-order valence-electron chi connectivity index (χ0n) is 13.8. The van der Waals surface area contributed by atoms with Crippen molar-refractivity contribution < 1.29 is 14.7 Å². The summed E-state index contributed by atoms with van der Waals surface area (Å²) in [6.45, 7) is 2.83. The maximum absolute atomic E-state index is 12.9. The number of hydrogen-bond acceptors (Lipinski definition) is 3. The lowest BCUT2D eigenvalue weighted by molar-refractivity contribution is -0.143. The van der Waals surface area contributed by atoms with Gasteiger partial charge in [-0.1, -0.05) is 40.2 Å². The molecule has 0 bridgehead atoms. The number of carbonyl (C=O) groups is 2. The Morgan fingerprint density at radius 1 is 1.32 bits per heavy atom. The van der Waals surface area contributed by atoms with Gasteiger partial charge in [0.15, 0.2) is 0 Å². The minimum atomic E-state index is -0.626. The molecule has 1 saturated heterocycles. The van der Waals surface area contributed by atoms with Crippen molar-refractivity contribution in [1.29, 1.82) is 0 Å². The molecule has 3 rings (SSSR count). The van der Waals surface area contributed by atoms with Crippen molar-refractivity contribution >= 4 is 27.7 Å². The second-order valence-corrected chi connectivity index (χ2v) is 6.94. The fourth-order valence-electron chi connectivity index (χ4n) is 3.10. The number of aryl methyl sites for hydroxylation is 1. The molecule has 1 fully saturated rings. The van der Waals surface area contributed by atoms with E-state index in [1.54, 1.807) is 23.1 Å². The fraction of sp³-hybridized carbons (Fsp3) is 0.263. The third kappa shape index (κ3) is 3.69. The third-order valence-corrected chi connectivity index (χ3v) is 5.16. The van der Waals surface area contributed by atoms with Gasteiger partial charge in [0.2, 0.25) is 11.8 Å². The highest BCUT2D eigenvalue weighted by molar-refractivity contribution is 9.10. The van der Waals surface area contributed by atoms with E-state index in [2.05, 4.69) is 21.2 Å². The van der Waals surface area contributed by atoms with Crippen LogP contribution in [0.25, 0.3) is 0 Å². The topological polar surface area (TPSA) is 69.6 Å². The number of rotatable bonds is 3. The summed E-state index contributed by atoms with van der Waals surface area (Å²) in [6, 6.07) is 11.8. The van der Waals surface area contributed by atoms with Crippen LogP contribution in [-0.2, 0) is 16.0 Å². The number of halogens is 1. The van der Waals surface area contributed by atoms with E-state index in [1.807, 2.05) is 31.2 Å². The maximum Gasteiger partial charge on any atom is 0.247 e. The number of amides is 2. The van der Waals surface area contributed by atoms with Crippen LogP contribution in [-0.4, -0.2) is 34.9 Å². The molecule has 0 spiro atoms. The Bertz CT molecular complexity index is 822. The summed E-state index contributed by atoms with van der Waals surface area (Å²) in [5.74, 6) is -0.198. The first-order valence-corrected chi connectivity index (χ1v) is 8.87. The number of nitrogens with one attached hydrogen (secondary N) is 1. The van der Waals surface area contributed by atoms with Crippen LogP contribution in [0.3, 0.4) is 0 Å². The summed E-state index contributed by atoms with van der Waals surface area (Å²) in [7, 11) is 0. The van der Waals surface area contributed by atoms with Gasteiger partial charge in [0.25, 0.3) is 0 Å². The molecule has 1 aliphatic heterocycles. The maximum atomic E-state index is 12.9. The lowest BCUT2D eigenvalue weighted by Gasteiger charge is -2.36. The van der Waals surface area contributed by atoms with Crippen molar-refractivity contribution in [2.45, 2.75) is 19.4 Å². The van der Waals surface area contributed by atoms with E-state index >= 15 is 0 Å². The predicted molar refractivity (Wildman–Crippen MR) is 98.2 cm³/mol. The number of carbonyl (C=O) groups excluding carboxylic acids is 2. The van der Waals surface area contributed by atoms with E-state index in [0.717, 1.165) is 15.6 Å². The van der Waals surface area contributed by atoms with E-state index in [9.17, 15) is 14.7 Å². The van der Waals surface area contributed by atoms with Gasteiger partial charge in [-0.25, -0.2) is 0 Å². The van der Waals surface area contributed by atoms with Gasteiger partial charge in [-0.2, -0.15) is 0 Å². The quantitative estimate of drug-likeness (QED) is 0.828. The van der Waals surface area contributed by atoms with Gasteiger partial charge >= 0.3 is 0 Å². The van der Waals surface area contributed by atoms with Crippen LogP contribution < -0.4 is 5.32 Å². The number of aromatic hydroxyl groups is 1. The van der Waals surface area contributed by atoms with E-state index in [4.69, 9.17) is 0 Å². The minimum absolute atomic E-state index is 0.109. The molecule has 130 valence electrons. The molecule has 1 atom stereocenters. The highest BCUT2D eigenvalue weighted by Gasteiger charge is 2.35. The first-order chi connectivity index (χ1) is 12.0. The van der Waals surface area contributed by atoms with E-state index < -0.39 is 6.04 Å². The molecular formula is C19H19BrN2O3. The van der Waals surface area contributed by atoms with Gasteiger partial charge < -0.3 is 15.3 Å². The van der Waals surface area contributed by atoms with Crippen LogP contribution in [0, 0.1) is 6.92 Å². The Morgan fingerprint density at radius 3 is 2.84 bits per heavy atom. The smallest absolute Gasteiger partial charge is 0.247 e. The molecular weight excluding hydrogens is 384 g/mol. The van der Waals surface area contributed by atoms with Crippen LogP contribution in [0.15, 0.2) is 46.9 Å². The summed E-state index contributed by atoms with van der Waals surface area (Å²) in [5, 5.41) is 12.5. The van der Waals surface area contributed by atoms with E-state index in [1.165, 1.54) is 0 Å². The number of phenolic OH excluding ortho intramolecular Hbond substituents is 1. The molecule has 0 radical (unpaired) electrons. The van der Waals surface area contributed by atoms with Gasteiger partial charge in [0, 0.05) is 17.6 Å². The number of benzene rings is 2. The second-order valence-electron chi connectivity index (χ2n) is 6.09. The second kappa shape index (κ2) is 7.27. The lowest BCUT2D eigenvalue weighted by atomic mass is 9.97. The summed E-state index contributed by atoms with van der Waals surface area (Å²) in [5.41, 5.74) is 2.50. The monoisotopic (exact) mass is 402 g/mol. The standard InChI is InChI=1S/C19H19BrN2O3/c1-12-4-2-3-5-15(12)18-19(25)21-8-9-22(18)17(24)11-13-10-14(23)6-7-16(13)20/h2-7,10,18,23H,8-9,11H2,1H3,(H,21,25).